The average molecular weight is 390 g/mol. The Labute approximate surface area is 161 Å². The third-order valence-corrected chi connectivity index (χ3v) is 5.58. The number of carbonyl (C=O) groups is 2. The van der Waals surface area contributed by atoms with Crippen LogP contribution in [0.1, 0.15) is 18.5 Å². The second kappa shape index (κ2) is 8.39. The molecule has 144 valence electrons. The molecule has 0 spiro atoms. The summed E-state index contributed by atoms with van der Waals surface area (Å²) in [4.78, 5) is 29.9. The fourth-order valence-corrected chi connectivity index (χ4v) is 3.98. The summed E-state index contributed by atoms with van der Waals surface area (Å²) in [5, 5.41) is 11.8. The Morgan fingerprint density at radius 1 is 1.30 bits per heavy atom. The summed E-state index contributed by atoms with van der Waals surface area (Å²) in [5.41, 5.74) is 1.58. The first kappa shape index (κ1) is 19.2. The number of amides is 1. The van der Waals surface area contributed by atoms with Gasteiger partial charge in [-0.2, -0.15) is 0 Å². The minimum atomic E-state index is -0.836. The van der Waals surface area contributed by atoms with Crippen LogP contribution in [0.4, 0.5) is 0 Å². The number of carboxylic acids is 1. The number of thiazole rings is 1. The second-order valence-electron chi connectivity index (χ2n) is 6.41. The van der Waals surface area contributed by atoms with Crippen LogP contribution < -0.4 is 9.47 Å². The van der Waals surface area contributed by atoms with Gasteiger partial charge in [-0.1, -0.05) is 0 Å². The Balaban J connectivity index is 1.69. The number of hydrogen-bond donors (Lipinski definition) is 1. The normalized spacial score (nSPS) is 16.8. The van der Waals surface area contributed by atoms with Crippen LogP contribution in [0.3, 0.4) is 0 Å². The lowest BCUT2D eigenvalue weighted by atomic mass is 9.98. The second-order valence-corrected chi connectivity index (χ2v) is 7.27. The van der Waals surface area contributed by atoms with Crippen LogP contribution in [0.25, 0.3) is 10.6 Å². The molecule has 1 unspecified atom stereocenters. The Hall–Kier alpha value is -2.61. The van der Waals surface area contributed by atoms with Crippen molar-refractivity contribution in [3.63, 3.8) is 0 Å². The maximum atomic E-state index is 12.5. The van der Waals surface area contributed by atoms with Gasteiger partial charge in [-0.25, -0.2) is 4.98 Å². The van der Waals surface area contributed by atoms with Crippen LogP contribution in [0, 0.1) is 5.92 Å². The lowest BCUT2D eigenvalue weighted by Crippen LogP contribution is -2.43. The van der Waals surface area contributed by atoms with Gasteiger partial charge in [0, 0.05) is 24.0 Å². The number of piperidine rings is 1. The first-order valence-electron chi connectivity index (χ1n) is 8.69. The highest BCUT2D eigenvalue weighted by Crippen LogP contribution is 2.33. The summed E-state index contributed by atoms with van der Waals surface area (Å²) in [5.74, 6) is -0.121. The fraction of sp³-hybridized carbons (Fsp3) is 0.421. The highest BCUT2D eigenvalue weighted by atomic mass is 32.1. The van der Waals surface area contributed by atoms with E-state index in [9.17, 15) is 9.59 Å². The van der Waals surface area contributed by atoms with Crippen molar-refractivity contribution in [1.29, 1.82) is 0 Å². The smallest absolute Gasteiger partial charge is 0.308 e. The maximum Gasteiger partial charge on any atom is 0.308 e. The molecule has 1 aromatic heterocycles. The zero-order valence-electron chi connectivity index (χ0n) is 15.3. The molecule has 1 N–H and O–H groups in total. The van der Waals surface area contributed by atoms with E-state index in [4.69, 9.17) is 14.6 Å². The van der Waals surface area contributed by atoms with Crippen LogP contribution in [-0.4, -0.2) is 54.2 Å². The number of methoxy groups -OCH3 is 2. The topological polar surface area (TPSA) is 89.0 Å². The molecule has 1 amide bonds. The van der Waals surface area contributed by atoms with Crippen molar-refractivity contribution in [2.45, 2.75) is 19.3 Å². The first-order chi connectivity index (χ1) is 13.0. The molecule has 1 aliphatic rings. The van der Waals surface area contributed by atoms with Gasteiger partial charge in [-0.15, -0.1) is 11.3 Å². The summed E-state index contributed by atoms with van der Waals surface area (Å²) in [6.45, 7) is 0.885. The summed E-state index contributed by atoms with van der Waals surface area (Å²) in [6.07, 6.45) is 1.52. The monoisotopic (exact) mass is 390 g/mol. The minimum Gasteiger partial charge on any atom is -0.493 e. The standard InChI is InChI=1S/C19H22N2O5S/c1-25-15-6-5-12(8-16(15)26-2)18-20-14(11-27-18)9-17(22)21-7-3-4-13(10-21)19(23)24/h5-6,8,11,13H,3-4,7,9-10H2,1-2H3,(H,23,24). The number of benzene rings is 1. The molecule has 27 heavy (non-hydrogen) atoms. The van der Waals surface area contributed by atoms with Crippen LogP contribution in [0.15, 0.2) is 23.6 Å². The van der Waals surface area contributed by atoms with E-state index in [1.165, 1.54) is 11.3 Å². The maximum absolute atomic E-state index is 12.5. The summed E-state index contributed by atoms with van der Waals surface area (Å²) < 4.78 is 10.6. The number of aromatic nitrogens is 1. The van der Waals surface area contributed by atoms with Gasteiger partial charge >= 0.3 is 5.97 Å². The SMILES string of the molecule is COc1ccc(-c2nc(CC(=O)N3CCCC(C(=O)O)C3)cs2)cc1OC. The molecule has 0 saturated carbocycles. The quantitative estimate of drug-likeness (QED) is 0.816. The molecule has 8 heteroatoms. The predicted octanol–water partition coefficient (Wildman–Crippen LogP) is 2.69. The molecule has 0 aliphatic carbocycles. The fourth-order valence-electron chi connectivity index (χ4n) is 3.16. The highest BCUT2D eigenvalue weighted by Gasteiger charge is 2.28. The first-order valence-corrected chi connectivity index (χ1v) is 9.57. The van der Waals surface area contributed by atoms with Crippen molar-refractivity contribution < 1.29 is 24.2 Å². The number of rotatable bonds is 6. The molecular weight excluding hydrogens is 368 g/mol. The molecule has 0 bridgehead atoms. The van der Waals surface area contributed by atoms with Gasteiger partial charge in [0.15, 0.2) is 11.5 Å². The third-order valence-electron chi connectivity index (χ3n) is 4.64. The van der Waals surface area contributed by atoms with E-state index < -0.39 is 11.9 Å². The van der Waals surface area contributed by atoms with E-state index in [0.717, 1.165) is 17.0 Å². The number of carbonyl (C=O) groups excluding carboxylic acids is 1. The molecule has 2 aromatic rings. The van der Waals surface area contributed by atoms with Gasteiger partial charge in [0.1, 0.15) is 5.01 Å². The third kappa shape index (κ3) is 4.39. The lowest BCUT2D eigenvalue weighted by molar-refractivity contribution is -0.145. The Kier molecular flexibility index (Phi) is 5.95. The van der Waals surface area contributed by atoms with Crippen molar-refractivity contribution in [2.24, 2.45) is 5.92 Å². The van der Waals surface area contributed by atoms with E-state index in [2.05, 4.69) is 4.98 Å². The zero-order chi connectivity index (χ0) is 19.4. The van der Waals surface area contributed by atoms with Crippen molar-refractivity contribution >= 4 is 23.2 Å². The van der Waals surface area contributed by atoms with Gasteiger partial charge in [-0.05, 0) is 31.0 Å². The summed E-state index contributed by atoms with van der Waals surface area (Å²) in [7, 11) is 3.16. The molecule has 2 heterocycles. The van der Waals surface area contributed by atoms with E-state index >= 15 is 0 Å². The molecule has 1 atom stereocenters. The van der Waals surface area contributed by atoms with Gasteiger partial charge in [0.25, 0.3) is 0 Å². The number of ether oxygens (including phenoxy) is 2. The number of hydrogen-bond acceptors (Lipinski definition) is 6. The Morgan fingerprint density at radius 3 is 2.78 bits per heavy atom. The predicted molar refractivity (Wildman–Crippen MR) is 101 cm³/mol. The van der Waals surface area contributed by atoms with Crippen LogP contribution in [-0.2, 0) is 16.0 Å². The van der Waals surface area contributed by atoms with Crippen molar-refractivity contribution in [3.05, 3.63) is 29.3 Å². The molecule has 1 fully saturated rings. The minimum absolute atomic E-state index is 0.0786. The number of aliphatic carboxylic acids is 1. The molecule has 1 saturated heterocycles. The zero-order valence-corrected chi connectivity index (χ0v) is 16.1. The molecule has 1 aromatic carbocycles. The van der Waals surface area contributed by atoms with E-state index in [1.807, 2.05) is 23.6 Å². The summed E-state index contributed by atoms with van der Waals surface area (Å²) in [6, 6.07) is 5.57. The van der Waals surface area contributed by atoms with Crippen LogP contribution in [0.5, 0.6) is 11.5 Å². The van der Waals surface area contributed by atoms with Gasteiger partial charge in [0.2, 0.25) is 5.91 Å². The van der Waals surface area contributed by atoms with Gasteiger partial charge in [0.05, 0.1) is 32.3 Å². The summed E-state index contributed by atoms with van der Waals surface area (Å²) >= 11 is 1.46. The number of carboxylic acid groups (broad SMARTS) is 1. The lowest BCUT2D eigenvalue weighted by Gasteiger charge is -2.30. The molecule has 7 nitrogen and oxygen atoms in total. The largest absolute Gasteiger partial charge is 0.493 e. The number of likely N-dealkylation sites (tertiary alicyclic amines) is 1. The van der Waals surface area contributed by atoms with E-state index in [0.29, 0.717) is 30.2 Å². The van der Waals surface area contributed by atoms with Gasteiger partial charge in [-0.3, -0.25) is 9.59 Å². The Morgan fingerprint density at radius 2 is 2.07 bits per heavy atom. The molecule has 0 radical (unpaired) electrons. The molecule has 3 rings (SSSR count). The highest BCUT2D eigenvalue weighted by molar-refractivity contribution is 7.13. The van der Waals surface area contributed by atoms with Crippen LogP contribution in [0.2, 0.25) is 0 Å². The number of nitrogens with zero attached hydrogens (tertiary/aromatic N) is 2. The van der Waals surface area contributed by atoms with E-state index in [-0.39, 0.29) is 18.9 Å². The Bertz CT molecular complexity index is 835. The molecule has 1 aliphatic heterocycles. The van der Waals surface area contributed by atoms with Gasteiger partial charge < -0.3 is 19.5 Å². The van der Waals surface area contributed by atoms with E-state index in [1.54, 1.807) is 19.1 Å². The van der Waals surface area contributed by atoms with Crippen molar-refractivity contribution in [1.82, 2.24) is 9.88 Å². The van der Waals surface area contributed by atoms with Crippen molar-refractivity contribution in [2.75, 3.05) is 27.3 Å². The van der Waals surface area contributed by atoms with Crippen molar-refractivity contribution in [3.8, 4) is 22.1 Å². The average Bonchev–Trinajstić information content (AvgIpc) is 3.15. The van der Waals surface area contributed by atoms with Crippen LogP contribution >= 0.6 is 11.3 Å². The molecular formula is C19H22N2O5S.